The first-order valence-electron chi connectivity index (χ1n) is 8.20. The van der Waals surface area contributed by atoms with E-state index in [9.17, 15) is 9.59 Å². The number of hydrogen-bond acceptors (Lipinski definition) is 6. The van der Waals surface area contributed by atoms with Crippen molar-refractivity contribution in [1.29, 1.82) is 5.26 Å². The number of aromatic nitrogens is 4. The molecule has 0 bridgehead atoms. The Morgan fingerprint density at radius 3 is 2.96 bits per heavy atom. The minimum atomic E-state index is -0.143. The predicted molar refractivity (Wildman–Crippen MR) is 95.9 cm³/mol. The number of nitrogens with zero attached hydrogens (tertiary/aromatic N) is 6. The third kappa shape index (κ3) is 2.50. The van der Waals surface area contributed by atoms with Crippen LogP contribution in [0.15, 0.2) is 17.2 Å². The van der Waals surface area contributed by atoms with Crippen molar-refractivity contribution in [3.63, 3.8) is 0 Å². The van der Waals surface area contributed by atoms with Gasteiger partial charge in [-0.3, -0.25) is 14.3 Å². The van der Waals surface area contributed by atoms with E-state index in [1.165, 1.54) is 22.2 Å². The molecule has 0 spiro atoms. The molecule has 0 atom stereocenters. The van der Waals surface area contributed by atoms with E-state index in [2.05, 4.69) is 10.1 Å². The van der Waals surface area contributed by atoms with Gasteiger partial charge >= 0.3 is 0 Å². The summed E-state index contributed by atoms with van der Waals surface area (Å²) in [5.74, 6) is -0.110. The SMILES string of the molecule is Cc1c(C(=O)N2CCCn3nc(C#N)cc3C2)sc2ncn(C)c(=O)c12. The molecule has 9 heteroatoms. The van der Waals surface area contributed by atoms with Crippen LogP contribution in [0.25, 0.3) is 10.2 Å². The van der Waals surface area contributed by atoms with Crippen molar-refractivity contribution in [3.8, 4) is 6.07 Å². The number of amides is 1. The van der Waals surface area contributed by atoms with Gasteiger partial charge < -0.3 is 9.47 Å². The zero-order valence-corrected chi connectivity index (χ0v) is 15.2. The van der Waals surface area contributed by atoms with Gasteiger partial charge in [-0.05, 0) is 25.0 Å². The summed E-state index contributed by atoms with van der Waals surface area (Å²) < 4.78 is 3.21. The first kappa shape index (κ1) is 16.5. The van der Waals surface area contributed by atoms with Crippen LogP contribution in [-0.4, -0.2) is 36.7 Å². The number of carbonyl (C=O) groups excluding carboxylic acids is 1. The van der Waals surface area contributed by atoms with Crippen molar-refractivity contribution in [1.82, 2.24) is 24.2 Å². The van der Waals surface area contributed by atoms with Crippen molar-refractivity contribution >= 4 is 27.5 Å². The lowest BCUT2D eigenvalue weighted by molar-refractivity contribution is 0.0750. The summed E-state index contributed by atoms with van der Waals surface area (Å²) in [6.07, 6.45) is 2.23. The normalized spacial score (nSPS) is 14.1. The molecule has 1 aliphatic heterocycles. The fourth-order valence-corrected chi connectivity index (χ4v) is 4.35. The van der Waals surface area contributed by atoms with Crippen LogP contribution in [-0.2, 0) is 20.1 Å². The number of hydrogen-bond donors (Lipinski definition) is 0. The van der Waals surface area contributed by atoms with Crippen molar-refractivity contribution in [2.75, 3.05) is 6.54 Å². The van der Waals surface area contributed by atoms with Gasteiger partial charge in [-0.2, -0.15) is 10.4 Å². The fourth-order valence-electron chi connectivity index (χ4n) is 3.25. The zero-order chi connectivity index (χ0) is 18.4. The summed E-state index contributed by atoms with van der Waals surface area (Å²) in [5.41, 5.74) is 1.75. The number of nitriles is 1. The van der Waals surface area contributed by atoms with Gasteiger partial charge in [0.2, 0.25) is 0 Å². The predicted octanol–water partition coefficient (Wildman–Crippen LogP) is 1.42. The average molecular weight is 368 g/mol. The Kier molecular flexibility index (Phi) is 3.85. The topological polar surface area (TPSA) is 96.8 Å². The van der Waals surface area contributed by atoms with Gasteiger partial charge in [0.1, 0.15) is 10.9 Å². The average Bonchev–Trinajstić information content (AvgIpc) is 3.11. The van der Waals surface area contributed by atoms with Crippen LogP contribution < -0.4 is 5.56 Å². The lowest BCUT2D eigenvalue weighted by atomic mass is 10.2. The van der Waals surface area contributed by atoms with Crippen molar-refractivity contribution in [2.24, 2.45) is 7.05 Å². The monoisotopic (exact) mass is 368 g/mol. The molecule has 0 aliphatic carbocycles. The van der Waals surface area contributed by atoms with Crippen LogP contribution in [0, 0.1) is 18.3 Å². The largest absolute Gasteiger partial charge is 0.332 e. The molecule has 0 saturated carbocycles. The van der Waals surface area contributed by atoms with E-state index >= 15 is 0 Å². The molecule has 132 valence electrons. The second-order valence-corrected chi connectivity index (χ2v) is 7.33. The van der Waals surface area contributed by atoms with E-state index in [-0.39, 0.29) is 11.5 Å². The summed E-state index contributed by atoms with van der Waals surface area (Å²) in [7, 11) is 1.65. The van der Waals surface area contributed by atoms with Crippen LogP contribution in [0.4, 0.5) is 0 Å². The maximum atomic E-state index is 13.1. The van der Waals surface area contributed by atoms with E-state index in [1.54, 1.807) is 29.6 Å². The van der Waals surface area contributed by atoms with E-state index in [4.69, 9.17) is 5.26 Å². The first-order valence-corrected chi connectivity index (χ1v) is 9.02. The van der Waals surface area contributed by atoms with E-state index in [0.29, 0.717) is 46.0 Å². The second-order valence-electron chi connectivity index (χ2n) is 6.33. The molecule has 0 fully saturated rings. The highest BCUT2D eigenvalue weighted by atomic mass is 32.1. The van der Waals surface area contributed by atoms with Crippen molar-refractivity contribution in [3.05, 3.63) is 44.6 Å². The summed E-state index contributed by atoms with van der Waals surface area (Å²) in [5, 5.41) is 13.8. The van der Waals surface area contributed by atoms with Gasteiger partial charge in [-0.1, -0.05) is 0 Å². The van der Waals surface area contributed by atoms with Crippen LogP contribution >= 0.6 is 11.3 Å². The molecule has 8 nitrogen and oxygen atoms in total. The van der Waals surface area contributed by atoms with Crippen molar-refractivity contribution < 1.29 is 4.79 Å². The molecule has 4 heterocycles. The Morgan fingerprint density at radius 1 is 1.38 bits per heavy atom. The molecular formula is C17H16N6O2S. The molecule has 0 unspecified atom stereocenters. The minimum absolute atomic E-state index is 0.110. The lowest BCUT2D eigenvalue weighted by Gasteiger charge is -2.19. The lowest BCUT2D eigenvalue weighted by Crippen LogP contribution is -2.30. The Bertz CT molecular complexity index is 1130. The molecule has 4 rings (SSSR count). The molecule has 1 aliphatic rings. The van der Waals surface area contributed by atoms with Crippen LogP contribution in [0.5, 0.6) is 0 Å². The Hall–Kier alpha value is -2.99. The summed E-state index contributed by atoms with van der Waals surface area (Å²) in [6, 6.07) is 3.76. The smallest absolute Gasteiger partial charge is 0.264 e. The molecule has 3 aromatic heterocycles. The van der Waals surface area contributed by atoms with Gasteiger partial charge in [-0.25, -0.2) is 4.98 Å². The van der Waals surface area contributed by atoms with Crippen LogP contribution in [0.2, 0.25) is 0 Å². The van der Waals surface area contributed by atoms with E-state index in [0.717, 1.165) is 12.1 Å². The highest BCUT2D eigenvalue weighted by Gasteiger charge is 2.26. The Labute approximate surface area is 152 Å². The quantitative estimate of drug-likeness (QED) is 0.647. The first-order chi connectivity index (χ1) is 12.5. The van der Waals surface area contributed by atoms with Gasteiger partial charge in [0, 0.05) is 20.1 Å². The maximum Gasteiger partial charge on any atom is 0.264 e. The van der Waals surface area contributed by atoms with E-state index < -0.39 is 0 Å². The third-order valence-electron chi connectivity index (χ3n) is 4.62. The molecule has 0 saturated heterocycles. The van der Waals surface area contributed by atoms with Crippen LogP contribution in [0.3, 0.4) is 0 Å². The van der Waals surface area contributed by atoms with Crippen molar-refractivity contribution in [2.45, 2.75) is 26.4 Å². The number of rotatable bonds is 1. The maximum absolute atomic E-state index is 13.1. The molecule has 0 N–H and O–H groups in total. The number of aryl methyl sites for hydroxylation is 3. The molecule has 26 heavy (non-hydrogen) atoms. The fraction of sp³-hybridized carbons (Fsp3) is 0.353. The molecule has 3 aromatic rings. The summed E-state index contributed by atoms with van der Waals surface area (Å²) in [6.45, 7) is 3.47. The zero-order valence-electron chi connectivity index (χ0n) is 14.4. The highest BCUT2D eigenvalue weighted by Crippen LogP contribution is 2.29. The van der Waals surface area contributed by atoms with Gasteiger partial charge in [0.15, 0.2) is 5.69 Å². The highest BCUT2D eigenvalue weighted by molar-refractivity contribution is 7.20. The van der Waals surface area contributed by atoms with Gasteiger partial charge in [-0.15, -0.1) is 11.3 Å². The standard InChI is InChI=1S/C17H16N6O2S/c1-10-13-15(19-9-21(2)16(13)24)26-14(10)17(25)22-4-3-5-23-12(8-22)6-11(7-18)20-23/h6,9H,3-5,8H2,1-2H3. The summed E-state index contributed by atoms with van der Waals surface area (Å²) in [4.78, 5) is 32.7. The number of carbonyl (C=O) groups is 1. The van der Waals surface area contributed by atoms with Crippen LogP contribution in [0.1, 0.15) is 33.0 Å². The Balaban J connectivity index is 1.73. The minimum Gasteiger partial charge on any atom is -0.332 e. The Morgan fingerprint density at radius 2 is 2.19 bits per heavy atom. The van der Waals surface area contributed by atoms with Gasteiger partial charge in [0.05, 0.1) is 28.8 Å². The third-order valence-corrected chi connectivity index (χ3v) is 5.81. The van der Waals surface area contributed by atoms with E-state index in [1.807, 2.05) is 6.07 Å². The molecule has 0 radical (unpaired) electrons. The molecular weight excluding hydrogens is 352 g/mol. The summed E-state index contributed by atoms with van der Waals surface area (Å²) >= 11 is 1.26. The number of thiophene rings is 1. The van der Waals surface area contributed by atoms with Gasteiger partial charge in [0.25, 0.3) is 11.5 Å². The molecule has 1 amide bonds. The second kappa shape index (κ2) is 6.07. The molecule has 0 aromatic carbocycles. The number of fused-ring (bicyclic) bond motifs is 2.